The Hall–Kier alpha value is -2.84. The minimum Gasteiger partial charge on any atom is -0.500 e. The van der Waals surface area contributed by atoms with Crippen LogP contribution in [0.25, 0.3) is 22.3 Å². The highest BCUT2D eigenvalue weighted by Gasteiger charge is 2.27. The first-order chi connectivity index (χ1) is 18.4. The Bertz CT molecular complexity index is 1210. The van der Waals surface area contributed by atoms with Gasteiger partial charge in [-0.05, 0) is 41.7 Å². The predicted molar refractivity (Wildman–Crippen MR) is 143 cm³/mol. The summed E-state index contributed by atoms with van der Waals surface area (Å²) in [6.07, 6.45) is 6.27. The molecule has 0 unspecified atom stereocenters. The third kappa shape index (κ3) is 6.41. The molecule has 1 aliphatic rings. The molecule has 202 valence electrons. The Morgan fingerprint density at radius 2 is 1.32 bits per heavy atom. The lowest BCUT2D eigenvalue weighted by molar-refractivity contribution is -0.190. The summed E-state index contributed by atoms with van der Waals surface area (Å²) < 4.78 is 75.7. The number of halogens is 4. The van der Waals surface area contributed by atoms with Crippen LogP contribution in [-0.2, 0) is 9.47 Å². The van der Waals surface area contributed by atoms with Crippen LogP contribution in [0, 0.1) is 23.3 Å². The number of hydrogen-bond donors (Lipinski definition) is 0. The van der Waals surface area contributed by atoms with Crippen LogP contribution < -0.4 is 4.74 Å². The van der Waals surface area contributed by atoms with Gasteiger partial charge in [0.25, 0.3) is 0 Å². The third-order valence-electron chi connectivity index (χ3n) is 6.92. The van der Waals surface area contributed by atoms with Gasteiger partial charge in [0.15, 0.2) is 37.3 Å². The number of rotatable bonds is 11. The smallest absolute Gasteiger partial charge is 0.201 e. The van der Waals surface area contributed by atoms with Crippen LogP contribution in [0.5, 0.6) is 5.75 Å². The van der Waals surface area contributed by atoms with Crippen molar-refractivity contribution in [2.45, 2.75) is 57.7 Å². The molecule has 0 spiro atoms. The molecule has 3 aromatic carbocycles. The van der Waals surface area contributed by atoms with E-state index < -0.39 is 29.2 Å². The monoisotopic (exact) mass is 528 g/mol. The molecule has 0 atom stereocenters. The maximum Gasteiger partial charge on any atom is 0.201 e. The van der Waals surface area contributed by atoms with Crippen molar-refractivity contribution >= 4 is 7.85 Å². The molecule has 38 heavy (non-hydrogen) atoms. The second-order valence-electron chi connectivity index (χ2n) is 9.58. The summed E-state index contributed by atoms with van der Waals surface area (Å²) >= 11 is 0. The molecule has 0 saturated carbocycles. The van der Waals surface area contributed by atoms with Crippen LogP contribution in [0.3, 0.4) is 0 Å². The molecule has 0 bridgehead atoms. The molecule has 1 aliphatic heterocycles. The summed E-state index contributed by atoms with van der Waals surface area (Å²) in [5, 5.41) is 0. The summed E-state index contributed by atoms with van der Waals surface area (Å²) in [6, 6.07) is 12.1. The topological polar surface area (TPSA) is 27.7 Å². The minimum absolute atomic E-state index is 0.0519. The zero-order chi connectivity index (χ0) is 27.1. The fourth-order valence-corrected chi connectivity index (χ4v) is 4.76. The maximum absolute atomic E-state index is 15.1. The van der Waals surface area contributed by atoms with Crippen LogP contribution in [-0.4, -0.2) is 33.9 Å². The van der Waals surface area contributed by atoms with Crippen molar-refractivity contribution in [3.63, 3.8) is 0 Å². The first-order valence-corrected chi connectivity index (χ1v) is 13.4. The molecular formula is C30H33BF4O3. The van der Waals surface area contributed by atoms with Gasteiger partial charge >= 0.3 is 0 Å². The van der Waals surface area contributed by atoms with Gasteiger partial charge in [-0.3, -0.25) is 0 Å². The van der Waals surface area contributed by atoms with Crippen LogP contribution in [0.1, 0.15) is 56.9 Å². The summed E-state index contributed by atoms with van der Waals surface area (Å²) in [5.74, 6) is -4.54. The average molecular weight is 528 g/mol. The molecule has 0 radical (unpaired) electrons. The third-order valence-corrected chi connectivity index (χ3v) is 6.92. The Labute approximate surface area is 222 Å². The van der Waals surface area contributed by atoms with Gasteiger partial charge < -0.3 is 14.2 Å². The lowest BCUT2D eigenvalue weighted by atomic mass is 9.94. The van der Waals surface area contributed by atoms with Gasteiger partial charge in [0.2, 0.25) is 5.82 Å². The quantitative estimate of drug-likeness (QED) is 0.148. The fraction of sp³-hybridized carbons (Fsp3) is 0.400. The molecule has 3 aromatic rings. The van der Waals surface area contributed by atoms with Crippen molar-refractivity contribution in [3.05, 3.63) is 77.4 Å². The van der Waals surface area contributed by atoms with Crippen LogP contribution in [0.4, 0.5) is 17.6 Å². The van der Waals surface area contributed by atoms with E-state index in [1.807, 2.05) is 0 Å². The average Bonchev–Trinajstić information content (AvgIpc) is 2.93. The molecular weight excluding hydrogens is 495 g/mol. The van der Waals surface area contributed by atoms with E-state index in [-0.39, 0.29) is 48.4 Å². The molecule has 1 fully saturated rings. The molecule has 0 amide bonds. The summed E-state index contributed by atoms with van der Waals surface area (Å²) in [5.41, 5.74) is 1.18. The number of ether oxygens (including phenoxy) is 3. The lowest BCUT2D eigenvalue weighted by Gasteiger charge is -2.30. The van der Waals surface area contributed by atoms with Gasteiger partial charge in [0.1, 0.15) is 0 Å². The molecule has 0 aliphatic carbocycles. The van der Waals surface area contributed by atoms with E-state index in [0.717, 1.165) is 19.3 Å². The van der Waals surface area contributed by atoms with E-state index in [1.165, 1.54) is 37.5 Å². The van der Waals surface area contributed by atoms with E-state index >= 15 is 8.78 Å². The molecule has 1 saturated heterocycles. The number of hydrogen-bond acceptors (Lipinski definition) is 3. The molecule has 1 heterocycles. The molecule has 0 N–H and O–H groups in total. The van der Waals surface area contributed by atoms with Crippen LogP contribution in [0.15, 0.2) is 48.5 Å². The van der Waals surface area contributed by atoms with Crippen molar-refractivity contribution in [2.75, 3.05) is 19.7 Å². The Balaban J connectivity index is 1.43. The Kier molecular flexibility index (Phi) is 9.86. The van der Waals surface area contributed by atoms with Crippen molar-refractivity contribution < 1.29 is 31.8 Å². The predicted octanol–water partition coefficient (Wildman–Crippen LogP) is 7.36. The summed E-state index contributed by atoms with van der Waals surface area (Å²) in [4.78, 5) is 0. The summed E-state index contributed by atoms with van der Waals surface area (Å²) in [7, 11) is 1.68. The first kappa shape index (κ1) is 28.2. The van der Waals surface area contributed by atoms with Crippen LogP contribution >= 0.6 is 0 Å². The molecule has 0 aromatic heterocycles. The van der Waals surface area contributed by atoms with Gasteiger partial charge in [-0.25, -0.2) is 13.2 Å². The van der Waals surface area contributed by atoms with Crippen molar-refractivity contribution in [3.8, 4) is 28.0 Å². The van der Waals surface area contributed by atoms with Gasteiger partial charge in [-0.15, -0.1) is 0 Å². The Morgan fingerprint density at radius 1 is 0.737 bits per heavy atom. The van der Waals surface area contributed by atoms with Crippen molar-refractivity contribution in [1.29, 1.82) is 0 Å². The second-order valence-corrected chi connectivity index (χ2v) is 9.58. The number of benzene rings is 3. The van der Waals surface area contributed by atoms with E-state index in [4.69, 9.17) is 14.2 Å². The maximum atomic E-state index is 15.1. The van der Waals surface area contributed by atoms with E-state index in [9.17, 15) is 8.78 Å². The fourth-order valence-electron chi connectivity index (χ4n) is 4.76. The SMILES string of the molecule is BCOc1ccc(-c2ccc(-c3ccc(C4COC(CCCCCCC)OC4)c(F)c3F)cc2)c(F)c1F. The van der Waals surface area contributed by atoms with Crippen LogP contribution in [0.2, 0.25) is 0 Å². The first-order valence-electron chi connectivity index (χ1n) is 13.4. The van der Waals surface area contributed by atoms with Crippen molar-refractivity contribution in [2.24, 2.45) is 0 Å². The standard InChI is InChI=1S/C30H33BF4O3/c1-2-3-4-5-6-7-26-36-16-21(17-37-26)24-13-12-22(27(32)28(24)33)19-8-10-20(11-9-19)23-14-15-25(38-18-31)30(35)29(23)34/h8-15,21,26H,2-7,16-18,31H2,1H3. The molecule has 8 heteroatoms. The molecule has 4 rings (SSSR count). The normalized spacial score (nSPS) is 17.5. The Morgan fingerprint density at radius 3 is 1.92 bits per heavy atom. The highest BCUT2D eigenvalue weighted by molar-refractivity contribution is 6.08. The lowest BCUT2D eigenvalue weighted by Crippen LogP contribution is -2.31. The van der Waals surface area contributed by atoms with E-state index in [1.54, 1.807) is 38.2 Å². The van der Waals surface area contributed by atoms with Gasteiger partial charge in [-0.1, -0.05) is 69.0 Å². The van der Waals surface area contributed by atoms with Crippen molar-refractivity contribution in [1.82, 2.24) is 0 Å². The zero-order valence-electron chi connectivity index (χ0n) is 21.9. The van der Waals surface area contributed by atoms with E-state index in [2.05, 4.69) is 6.92 Å². The minimum atomic E-state index is -1.06. The van der Waals surface area contributed by atoms with Gasteiger partial charge in [0.05, 0.1) is 19.7 Å². The van der Waals surface area contributed by atoms with E-state index in [0.29, 0.717) is 11.1 Å². The van der Waals surface area contributed by atoms with Gasteiger partial charge in [0, 0.05) is 17.0 Å². The number of unbranched alkanes of at least 4 members (excludes halogenated alkanes) is 4. The zero-order valence-corrected chi connectivity index (χ0v) is 21.9. The highest BCUT2D eigenvalue weighted by atomic mass is 19.2. The second kappa shape index (κ2) is 13.3. The largest absolute Gasteiger partial charge is 0.500 e. The van der Waals surface area contributed by atoms with Gasteiger partial charge in [-0.2, -0.15) is 4.39 Å². The molecule has 3 nitrogen and oxygen atoms in total. The summed E-state index contributed by atoms with van der Waals surface area (Å²) in [6.45, 7) is 2.93. The highest BCUT2D eigenvalue weighted by Crippen LogP contribution is 2.34.